The molecule has 0 aliphatic carbocycles. The molecule has 0 unspecified atom stereocenters. The Kier molecular flexibility index (Phi) is 11.2. The number of hydrogen-bond acceptors (Lipinski definition) is 6. The van der Waals surface area contributed by atoms with Crippen molar-refractivity contribution in [2.75, 3.05) is 5.32 Å². The summed E-state index contributed by atoms with van der Waals surface area (Å²) < 4.78 is 0. The Labute approximate surface area is 222 Å². The number of amides is 3. The van der Waals surface area contributed by atoms with Gasteiger partial charge in [-0.1, -0.05) is 49.6 Å². The zero-order valence-corrected chi connectivity index (χ0v) is 20.1. The number of hydroxylamine groups is 1. The summed E-state index contributed by atoms with van der Waals surface area (Å²) in [5.74, 6) is 4.22. The van der Waals surface area contributed by atoms with Gasteiger partial charge in [-0.25, -0.2) is 5.48 Å². The fourth-order valence-corrected chi connectivity index (χ4v) is 3.38. The Balaban J connectivity index is 0.00000507. The number of aliphatic hydroxyl groups excluding tert-OH is 1. The molecule has 0 radical (unpaired) electrons. The highest BCUT2D eigenvalue weighted by atomic mass is 16.5. The highest BCUT2D eigenvalue weighted by molar-refractivity contribution is 5.97. The fourth-order valence-electron chi connectivity index (χ4n) is 3.38. The lowest BCUT2D eigenvalue weighted by Gasteiger charge is -2.19. The van der Waals surface area contributed by atoms with Crippen LogP contribution in [0.1, 0.15) is 41.4 Å². The molecular weight excluding hydrogens is 484 g/mol. The van der Waals surface area contributed by atoms with Gasteiger partial charge >= 0.3 is 0 Å². The van der Waals surface area contributed by atoms with E-state index in [9.17, 15) is 19.5 Å². The van der Waals surface area contributed by atoms with E-state index in [0.29, 0.717) is 17.7 Å². The van der Waals surface area contributed by atoms with E-state index < -0.39 is 30.0 Å². The van der Waals surface area contributed by atoms with Gasteiger partial charge in [0.1, 0.15) is 6.04 Å². The number of carbonyl (C=O) groups is 3. The molecule has 9 nitrogen and oxygen atoms in total. The lowest BCUT2D eigenvalue weighted by atomic mass is 10.1. The van der Waals surface area contributed by atoms with Crippen molar-refractivity contribution in [2.24, 2.45) is 5.73 Å². The molecule has 0 aromatic heterocycles. The molecule has 0 fully saturated rings. The summed E-state index contributed by atoms with van der Waals surface area (Å²) >= 11 is 0. The number of rotatable bonds is 8. The Morgan fingerprint density at radius 1 is 0.868 bits per heavy atom. The van der Waals surface area contributed by atoms with Crippen LogP contribution in [0.5, 0.6) is 0 Å². The minimum absolute atomic E-state index is 0. The second-order valence-corrected chi connectivity index (χ2v) is 8.36. The van der Waals surface area contributed by atoms with Gasteiger partial charge in [-0.3, -0.25) is 19.6 Å². The molecule has 9 heteroatoms. The topological polar surface area (TPSA) is 154 Å². The van der Waals surface area contributed by atoms with Crippen LogP contribution in [0.25, 0.3) is 0 Å². The van der Waals surface area contributed by atoms with Gasteiger partial charge in [0.2, 0.25) is 5.91 Å². The van der Waals surface area contributed by atoms with Crippen LogP contribution in [0.4, 0.5) is 5.69 Å². The standard InChI is InChI=1S/C28H28N4O5.CH4/c1-18(33)25(28(36)32-37)31-26(34)22-13-9-19(10-14-22)7-8-20-11-15-23(16-12-20)30-27(35)24(29)17-21-5-3-2-4-6-21;/h2-6,9-16,18,24-25,33,37H,17,29H2,1H3,(H,30,35)(H,31,34)(H,32,36);1H4/t18-,24+,25+;/m1./s1. The third-order valence-corrected chi connectivity index (χ3v) is 5.45. The van der Waals surface area contributed by atoms with Gasteiger partial charge in [-0.2, -0.15) is 0 Å². The van der Waals surface area contributed by atoms with E-state index in [2.05, 4.69) is 22.5 Å². The number of anilines is 1. The highest BCUT2D eigenvalue weighted by Crippen LogP contribution is 2.11. The predicted octanol–water partition coefficient (Wildman–Crippen LogP) is 2.22. The molecule has 0 saturated heterocycles. The van der Waals surface area contributed by atoms with Gasteiger partial charge in [-0.15, -0.1) is 0 Å². The van der Waals surface area contributed by atoms with E-state index in [1.54, 1.807) is 36.4 Å². The van der Waals surface area contributed by atoms with Gasteiger partial charge in [0.15, 0.2) is 0 Å². The summed E-state index contributed by atoms with van der Waals surface area (Å²) in [6.07, 6.45) is -0.762. The van der Waals surface area contributed by atoms with Gasteiger partial charge in [-0.05, 0) is 67.4 Å². The van der Waals surface area contributed by atoms with Gasteiger partial charge in [0.25, 0.3) is 11.8 Å². The van der Waals surface area contributed by atoms with Crippen molar-refractivity contribution in [1.29, 1.82) is 0 Å². The van der Waals surface area contributed by atoms with Crippen molar-refractivity contribution in [3.63, 3.8) is 0 Å². The first-order valence-corrected chi connectivity index (χ1v) is 11.5. The fraction of sp³-hybridized carbons (Fsp3) is 0.207. The van der Waals surface area contributed by atoms with E-state index in [1.807, 2.05) is 30.3 Å². The van der Waals surface area contributed by atoms with Crippen molar-refractivity contribution < 1.29 is 24.7 Å². The molecule has 7 N–H and O–H groups in total. The van der Waals surface area contributed by atoms with Gasteiger partial charge in [0, 0.05) is 22.4 Å². The van der Waals surface area contributed by atoms with Crippen LogP contribution in [0.15, 0.2) is 78.9 Å². The van der Waals surface area contributed by atoms with E-state index in [1.165, 1.54) is 24.5 Å². The van der Waals surface area contributed by atoms with Crippen LogP contribution in [0.2, 0.25) is 0 Å². The van der Waals surface area contributed by atoms with Crippen LogP contribution < -0.4 is 21.8 Å². The normalized spacial score (nSPS) is 12.4. The quantitative estimate of drug-likeness (QED) is 0.153. The van der Waals surface area contributed by atoms with Crippen molar-refractivity contribution in [3.05, 3.63) is 101 Å². The summed E-state index contributed by atoms with van der Waals surface area (Å²) in [6.45, 7) is 1.32. The molecule has 3 aromatic carbocycles. The van der Waals surface area contributed by atoms with E-state index in [4.69, 9.17) is 10.9 Å². The molecular formula is C29H32N4O5. The second-order valence-electron chi connectivity index (χ2n) is 8.36. The van der Waals surface area contributed by atoms with Crippen molar-refractivity contribution in [1.82, 2.24) is 10.8 Å². The molecule has 3 rings (SSSR count). The summed E-state index contributed by atoms with van der Waals surface area (Å²) in [7, 11) is 0. The van der Waals surface area contributed by atoms with E-state index in [0.717, 1.165) is 11.1 Å². The van der Waals surface area contributed by atoms with Crippen molar-refractivity contribution in [2.45, 2.75) is 39.0 Å². The van der Waals surface area contributed by atoms with E-state index in [-0.39, 0.29) is 18.9 Å². The molecule has 0 heterocycles. The first-order valence-electron chi connectivity index (χ1n) is 11.5. The van der Waals surface area contributed by atoms with Crippen LogP contribution in [-0.2, 0) is 16.0 Å². The van der Waals surface area contributed by atoms with Crippen LogP contribution in [0.3, 0.4) is 0 Å². The third kappa shape index (κ3) is 8.57. The molecule has 0 spiro atoms. The number of carbonyl (C=O) groups excluding carboxylic acids is 3. The smallest absolute Gasteiger partial charge is 0.268 e. The average Bonchev–Trinajstić information content (AvgIpc) is 2.91. The zero-order valence-electron chi connectivity index (χ0n) is 20.1. The minimum atomic E-state index is -1.30. The maximum atomic E-state index is 12.4. The Hall–Kier alpha value is -4.49. The number of nitrogens with two attached hydrogens (primary N) is 1. The number of hydrogen-bond donors (Lipinski definition) is 6. The molecule has 3 aromatic rings. The second kappa shape index (κ2) is 14.3. The molecule has 3 amide bonds. The maximum Gasteiger partial charge on any atom is 0.268 e. The molecule has 0 saturated carbocycles. The first kappa shape index (κ1) is 29.7. The van der Waals surface area contributed by atoms with Crippen molar-refractivity contribution >= 4 is 23.4 Å². The molecule has 0 aliphatic heterocycles. The molecule has 3 atom stereocenters. The number of nitrogens with one attached hydrogen (secondary N) is 3. The van der Waals surface area contributed by atoms with Crippen LogP contribution in [-0.4, -0.2) is 46.2 Å². The summed E-state index contributed by atoms with van der Waals surface area (Å²) in [4.78, 5) is 36.3. The Morgan fingerprint density at radius 3 is 1.95 bits per heavy atom. The minimum Gasteiger partial charge on any atom is -0.391 e. The molecule has 0 aliphatic rings. The third-order valence-electron chi connectivity index (χ3n) is 5.45. The summed E-state index contributed by atoms with van der Waals surface area (Å²) in [6, 6.07) is 21.0. The van der Waals surface area contributed by atoms with Crippen LogP contribution in [0, 0.1) is 11.8 Å². The summed E-state index contributed by atoms with van der Waals surface area (Å²) in [5.41, 5.74) is 10.7. The Morgan fingerprint density at radius 2 is 1.42 bits per heavy atom. The highest BCUT2D eigenvalue weighted by Gasteiger charge is 2.25. The van der Waals surface area contributed by atoms with Gasteiger partial charge in [0.05, 0.1) is 12.1 Å². The monoisotopic (exact) mass is 516 g/mol. The van der Waals surface area contributed by atoms with E-state index >= 15 is 0 Å². The SMILES string of the molecule is C.C[C@@H](O)[C@H](NC(=O)c1ccc(C#Cc2ccc(NC(=O)[C@@H](N)Cc3ccccc3)cc2)cc1)C(=O)NO. The predicted molar refractivity (Wildman–Crippen MR) is 145 cm³/mol. The lowest BCUT2D eigenvalue weighted by molar-refractivity contribution is -0.133. The van der Waals surface area contributed by atoms with Crippen molar-refractivity contribution in [3.8, 4) is 11.8 Å². The number of benzene rings is 3. The first-order chi connectivity index (χ1) is 17.8. The maximum absolute atomic E-state index is 12.4. The average molecular weight is 517 g/mol. The number of aliphatic hydroxyl groups is 1. The molecule has 198 valence electrons. The summed E-state index contributed by atoms with van der Waals surface area (Å²) in [5, 5.41) is 23.6. The van der Waals surface area contributed by atoms with Gasteiger partial charge < -0.3 is 21.5 Å². The largest absolute Gasteiger partial charge is 0.391 e. The molecule has 38 heavy (non-hydrogen) atoms. The molecule has 0 bridgehead atoms. The van der Waals surface area contributed by atoms with Crippen LogP contribution >= 0.6 is 0 Å². The Bertz CT molecular complexity index is 1280. The lowest BCUT2D eigenvalue weighted by Crippen LogP contribution is -2.51. The zero-order chi connectivity index (χ0) is 26.8.